The van der Waals surface area contributed by atoms with Crippen molar-refractivity contribution in [3.05, 3.63) is 71.2 Å². The Morgan fingerprint density at radius 1 is 1.18 bits per heavy atom. The molecule has 0 aromatic heterocycles. The number of amides is 1. The number of nitrogens with two attached hydrogens (primary N) is 1. The fourth-order valence-corrected chi connectivity index (χ4v) is 4.69. The van der Waals surface area contributed by atoms with Crippen LogP contribution in [-0.2, 0) is 11.2 Å². The Balaban J connectivity index is 0.000000751. The normalized spacial score (nSPS) is 12.4. The highest BCUT2D eigenvalue weighted by molar-refractivity contribution is 7.99. The molecule has 1 aliphatic rings. The fraction of sp³-hybridized carbons (Fsp3) is 0.259. The number of carbonyl (C=O) groups excluding carboxylic acids is 1. The van der Waals surface area contributed by atoms with E-state index in [9.17, 15) is 9.90 Å². The van der Waals surface area contributed by atoms with Crippen molar-refractivity contribution in [3.63, 3.8) is 0 Å². The van der Waals surface area contributed by atoms with Crippen LogP contribution in [0.4, 0.5) is 11.4 Å². The number of rotatable bonds is 9. The highest BCUT2D eigenvalue weighted by atomic mass is 35.5. The number of phenols is 1. The average Bonchev–Trinajstić information content (AvgIpc) is 3.64. The Hall–Kier alpha value is -2.96. The molecule has 0 heterocycles. The van der Waals surface area contributed by atoms with Crippen molar-refractivity contribution >= 4 is 47.4 Å². The van der Waals surface area contributed by atoms with Crippen molar-refractivity contribution in [1.82, 2.24) is 0 Å². The van der Waals surface area contributed by atoms with Crippen LogP contribution in [0.1, 0.15) is 25.3 Å². The second kappa shape index (κ2) is 12.5. The second-order valence-corrected chi connectivity index (χ2v) is 9.71. The van der Waals surface area contributed by atoms with E-state index >= 15 is 0 Å². The summed E-state index contributed by atoms with van der Waals surface area (Å²) in [5.74, 6) is 2.04. The maximum Gasteiger partial charge on any atom is 0.214 e. The van der Waals surface area contributed by atoms with Gasteiger partial charge in [-0.2, -0.15) is 0 Å². The number of anilines is 1. The molecule has 34 heavy (non-hydrogen) atoms. The molecule has 1 saturated carbocycles. The van der Waals surface area contributed by atoms with Gasteiger partial charge >= 0.3 is 0 Å². The van der Waals surface area contributed by atoms with Crippen molar-refractivity contribution in [2.45, 2.75) is 31.1 Å². The Bertz CT molecular complexity index is 1130. The minimum Gasteiger partial charge on any atom is -0.507 e. The van der Waals surface area contributed by atoms with Crippen molar-refractivity contribution in [2.75, 3.05) is 17.6 Å². The number of hydrogen-bond donors (Lipinski definition) is 3. The van der Waals surface area contributed by atoms with Gasteiger partial charge in [-0.05, 0) is 67.8 Å². The molecule has 1 amide bonds. The zero-order valence-corrected chi connectivity index (χ0v) is 20.8. The topological polar surface area (TPSA) is 87.7 Å². The molecule has 3 aromatic carbocycles. The Labute approximate surface area is 210 Å². The first-order valence-electron chi connectivity index (χ1n) is 11.2. The summed E-state index contributed by atoms with van der Waals surface area (Å²) in [5.41, 5.74) is 8.74. The van der Waals surface area contributed by atoms with E-state index in [1.54, 1.807) is 12.1 Å². The van der Waals surface area contributed by atoms with E-state index in [0.29, 0.717) is 16.3 Å². The lowest BCUT2D eigenvalue weighted by molar-refractivity contribution is -0.115. The molecule has 0 saturated heterocycles. The van der Waals surface area contributed by atoms with Crippen LogP contribution in [0.25, 0.3) is 11.1 Å². The van der Waals surface area contributed by atoms with E-state index in [-0.39, 0.29) is 11.7 Å². The number of para-hydroxylation sites is 1. The van der Waals surface area contributed by atoms with Crippen molar-refractivity contribution in [1.29, 1.82) is 0 Å². The maximum absolute atomic E-state index is 10.1. The SMILES string of the molecule is C=Nc1cc(-c2ccccc2O)c(Cl)cc1NCCc1ccc(SCC2CC2)cc1.CC(N)=O. The molecule has 7 heteroatoms. The molecular formula is C27H30ClN3O2S. The minimum atomic E-state index is -0.333. The van der Waals surface area contributed by atoms with E-state index in [1.807, 2.05) is 36.0 Å². The number of benzene rings is 3. The van der Waals surface area contributed by atoms with Gasteiger partial charge in [-0.3, -0.25) is 9.79 Å². The molecule has 0 atom stereocenters. The Kier molecular flexibility index (Phi) is 9.42. The van der Waals surface area contributed by atoms with Crippen LogP contribution in [0.5, 0.6) is 5.75 Å². The Morgan fingerprint density at radius 2 is 1.85 bits per heavy atom. The number of nitrogens with zero attached hydrogens (tertiary/aromatic N) is 1. The first-order chi connectivity index (χ1) is 16.4. The fourth-order valence-electron chi connectivity index (χ4n) is 3.33. The van der Waals surface area contributed by atoms with Gasteiger partial charge in [0.2, 0.25) is 5.91 Å². The summed E-state index contributed by atoms with van der Waals surface area (Å²) in [7, 11) is 0. The molecule has 4 rings (SSSR count). The summed E-state index contributed by atoms with van der Waals surface area (Å²) in [6, 6.07) is 19.7. The highest BCUT2D eigenvalue weighted by Crippen LogP contribution is 2.40. The van der Waals surface area contributed by atoms with E-state index in [0.717, 1.165) is 30.1 Å². The van der Waals surface area contributed by atoms with Gasteiger partial charge in [0.1, 0.15) is 5.75 Å². The van der Waals surface area contributed by atoms with Crippen LogP contribution >= 0.6 is 23.4 Å². The smallest absolute Gasteiger partial charge is 0.214 e. The van der Waals surface area contributed by atoms with Gasteiger partial charge in [-0.1, -0.05) is 41.9 Å². The molecule has 178 valence electrons. The van der Waals surface area contributed by atoms with E-state index in [2.05, 4.69) is 47.0 Å². The van der Waals surface area contributed by atoms with Crippen LogP contribution in [0, 0.1) is 5.92 Å². The van der Waals surface area contributed by atoms with E-state index < -0.39 is 0 Å². The third-order valence-electron chi connectivity index (χ3n) is 5.29. The van der Waals surface area contributed by atoms with Crippen LogP contribution < -0.4 is 11.1 Å². The number of halogens is 1. The van der Waals surface area contributed by atoms with Gasteiger partial charge in [0.05, 0.1) is 16.4 Å². The van der Waals surface area contributed by atoms with Crippen molar-refractivity contribution in [3.8, 4) is 16.9 Å². The standard InChI is InChI=1S/C25H25ClN2OS.C2H5NO/c1-27-23-14-21(20-4-2-3-5-25(20)29)22(26)15-24(23)28-13-12-17-8-10-19(11-9-17)30-16-18-6-7-18;1-2(3)4/h2-5,8-11,14-15,18,28-29H,1,6-7,12-13,16H2;1H3,(H2,3,4). The molecule has 0 bridgehead atoms. The minimum absolute atomic E-state index is 0.189. The van der Waals surface area contributed by atoms with Crippen LogP contribution in [0.3, 0.4) is 0 Å². The zero-order valence-electron chi connectivity index (χ0n) is 19.3. The van der Waals surface area contributed by atoms with Crippen molar-refractivity contribution < 1.29 is 9.90 Å². The van der Waals surface area contributed by atoms with E-state index in [4.69, 9.17) is 11.6 Å². The third kappa shape index (κ3) is 7.82. The number of primary amides is 1. The lowest BCUT2D eigenvalue weighted by Gasteiger charge is -2.14. The monoisotopic (exact) mass is 495 g/mol. The molecule has 5 nitrogen and oxygen atoms in total. The molecule has 1 aliphatic carbocycles. The predicted octanol–water partition coefficient (Wildman–Crippen LogP) is 6.69. The zero-order chi connectivity index (χ0) is 24.5. The van der Waals surface area contributed by atoms with Gasteiger partial charge in [0.15, 0.2) is 0 Å². The van der Waals surface area contributed by atoms with Gasteiger partial charge in [-0.25, -0.2) is 0 Å². The first-order valence-corrected chi connectivity index (χ1v) is 12.5. The lowest BCUT2D eigenvalue weighted by Crippen LogP contribution is -2.05. The number of carbonyl (C=O) groups is 1. The number of nitrogens with one attached hydrogen (secondary N) is 1. The summed E-state index contributed by atoms with van der Waals surface area (Å²) in [4.78, 5) is 14.7. The summed E-state index contributed by atoms with van der Waals surface area (Å²) in [6.07, 6.45) is 3.70. The van der Waals surface area contributed by atoms with Gasteiger partial charge in [0, 0.05) is 35.2 Å². The summed E-state index contributed by atoms with van der Waals surface area (Å²) in [5, 5.41) is 14.1. The Morgan fingerprint density at radius 3 is 2.47 bits per heavy atom. The number of phenolic OH excluding ortho intramolecular Hbond substituents is 1. The van der Waals surface area contributed by atoms with E-state index in [1.165, 1.54) is 36.0 Å². The quantitative estimate of drug-likeness (QED) is 0.228. The van der Waals surface area contributed by atoms with Gasteiger partial charge in [-0.15, -0.1) is 11.8 Å². The largest absolute Gasteiger partial charge is 0.507 e. The molecular weight excluding hydrogens is 466 g/mol. The molecule has 0 unspecified atom stereocenters. The molecule has 1 fully saturated rings. The summed E-state index contributed by atoms with van der Waals surface area (Å²) < 4.78 is 0. The van der Waals surface area contributed by atoms with Crippen molar-refractivity contribution in [2.24, 2.45) is 16.6 Å². The molecule has 0 radical (unpaired) electrons. The first kappa shape index (κ1) is 25.7. The number of hydrogen-bond acceptors (Lipinski definition) is 5. The highest BCUT2D eigenvalue weighted by Gasteiger charge is 2.20. The van der Waals surface area contributed by atoms with Gasteiger partial charge < -0.3 is 16.2 Å². The summed E-state index contributed by atoms with van der Waals surface area (Å²) >= 11 is 8.48. The third-order valence-corrected chi connectivity index (χ3v) is 6.84. The lowest BCUT2D eigenvalue weighted by atomic mass is 10.0. The number of aliphatic imine (C=N–C) groups is 1. The predicted molar refractivity (Wildman–Crippen MR) is 145 cm³/mol. The average molecular weight is 496 g/mol. The molecule has 3 aromatic rings. The molecule has 0 spiro atoms. The van der Waals surface area contributed by atoms with Gasteiger partial charge in [0.25, 0.3) is 0 Å². The van der Waals surface area contributed by atoms with Crippen LogP contribution in [0.2, 0.25) is 5.02 Å². The number of thioether (sulfide) groups is 1. The summed E-state index contributed by atoms with van der Waals surface area (Å²) in [6.45, 7) is 5.76. The second-order valence-electron chi connectivity index (χ2n) is 8.21. The van der Waals surface area contributed by atoms with Crippen LogP contribution in [0.15, 0.2) is 70.6 Å². The molecule has 0 aliphatic heterocycles. The number of aromatic hydroxyl groups is 1. The molecule has 4 N–H and O–H groups in total. The van der Waals surface area contributed by atoms with Crippen LogP contribution in [-0.4, -0.2) is 30.0 Å². The maximum atomic E-state index is 10.1.